The first-order valence-corrected chi connectivity index (χ1v) is 10.1. The molecule has 1 aromatic heterocycles. The van der Waals surface area contributed by atoms with E-state index in [4.69, 9.17) is 4.74 Å². The van der Waals surface area contributed by atoms with Gasteiger partial charge in [-0.3, -0.25) is 9.59 Å². The minimum Gasteiger partial charge on any atom is -0.375 e. The molecule has 0 saturated carbocycles. The van der Waals surface area contributed by atoms with E-state index >= 15 is 0 Å². The number of ether oxygens (including phenoxy) is 1. The lowest BCUT2D eigenvalue weighted by molar-refractivity contribution is -0.143. The molecule has 1 aliphatic rings. The van der Waals surface area contributed by atoms with E-state index in [2.05, 4.69) is 41.0 Å². The fourth-order valence-electron chi connectivity index (χ4n) is 3.85. The summed E-state index contributed by atoms with van der Waals surface area (Å²) in [6.07, 6.45) is 2.21. The van der Waals surface area contributed by atoms with Crippen LogP contribution in [0, 0.1) is 5.41 Å². The molecule has 1 atom stereocenters. The second-order valence-electron chi connectivity index (χ2n) is 7.06. The molecule has 2 amide bonds. The molecular weight excluding hydrogens is 360 g/mol. The van der Waals surface area contributed by atoms with Crippen molar-refractivity contribution in [3.05, 3.63) is 47.3 Å². The molecule has 3 rings (SSSR count). The van der Waals surface area contributed by atoms with Gasteiger partial charge in [-0.1, -0.05) is 30.3 Å². The van der Waals surface area contributed by atoms with Crippen LogP contribution in [-0.4, -0.2) is 50.6 Å². The summed E-state index contributed by atoms with van der Waals surface area (Å²) < 4.78 is 4.99. The van der Waals surface area contributed by atoms with Gasteiger partial charge in [0.05, 0.1) is 5.41 Å². The summed E-state index contributed by atoms with van der Waals surface area (Å²) in [4.78, 5) is 28.1. The summed E-state index contributed by atoms with van der Waals surface area (Å²) in [5, 5.41) is 4.88. The number of nitrogens with one attached hydrogen (secondary N) is 1. The zero-order chi connectivity index (χ0) is 19.3. The van der Waals surface area contributed by atoms with Crippen molar-refractivity contribution < 1.29 is 14.3 Å². The first-order chi connectivity index (χ1) is 13.1. The van der Waals surface area contributed by atoms with Crippen molar-refractivity contribution in [3.8, 4) is 10.4 Å². The van der Waals surface area contributed by atoms with E-state index in [1.165, 1.54) is 17.6 Å². The van der Waals surface area contributed by atoms with Crippen LogP contribution in [0.3, 0.4) is 0 Å². The molecule has 1 fully saturated rings. The van der Waals surface area contributed by atoms with Crippen molar-refractivity contribution in [1.29, 1.82) is 0 Å². The van der Waals surface area contributed by atoms with Crippen LogP contribution in [0.15, 0.2) is 41.8 Å². The van der Waals surface area contributed by atoms with Gasteiger partial charge in [0.25, 0.3) is 0 Å². The Morgan fingerprint density at radius 3 is 2.67 bits per heavy atom. The molecule has 0 aliphatic carbocycles. The largest absolute Gasteiger partial charge is 0.375 e. The molecular formula is C21H26N2O3S. The number of thiophene rings is 1. The van der Waals surface area contributed by atoms with Gasteiger partial charge in [0.15, 0.2) is 0 Å². The molecule has 0 spiro atoms. The van der Waals surface area contributed by atoms with E-state index in [0.717, 1.165) is 18.4 Å². The average Bonchev–Trinajstić information content (AvgIpc) is 3.23. The van der Waals surface area contributed by atoms with Crippen molar-refractivity contribution in [2.24, 2.45) is 5.41 Å². The minimum absolute atomic E-state index is 0.000231. The van der Waals surface area contributed by atoms with Gasteiger partial charge in [0.1, 0.15) is 6.61 Å². The second kappa shape index (κ2) is 8.67. The number of likely N-dealkylation sites (tertiary alicyclic amines) is 1. The zero-order valence-electron chi connectivity index (χ0n) is 15.9. The fraction of sp³-hybridized carbons (Fsp3) is 0.429. The quantitative estimate of drug-likeness (QED) is 0.830. The molecule has 1 unspecified atom stereocenters. The van der Waals surface area contributed by atoms with Gasteiger partial charge in [-0.15, -0.1) is 11.3 Å². The lowest BCUT2D eigenvalue weighted by Gasteiger charge is -2.41. The van der Waals surface area contributed by atoms with Crippen LogP contribution < -0.4 is 5.32 Å². The summed E-state index contributed by atoms with van der Waals surface area (Å²) in [5.41, 5.74) is 1.70. The van der Waals surface area contributed by atoms with E-state index in [1.807, 2.05) is 6.07 Å². The summed E-state index contributed by atoms with van der Waals surface area (Å²) in [6.45, 7) is 1.17. The number of amides is 2. The number of carbonyl (C=O) groups excluding carboxylic acids is 2. The maximum Gasteiger partial charge on any atom is 0.248 e. The zero-order valence-corrected chi connectivity index (χ0v) is 16.7. The molecule has 0 bridgehead atoms. The smallest absolute Gasteiger partial charge is 0.248 e. The highest BCUT2D eigenvalue weighted by atomic mass is 32.1. The molecule has 2 heterocycles. The van der Waals surface area contributed by atoms with E-state index in [1.54, 1.807) is 23.3 Å². The highest BCUT2D eigenvalue weighted by Gasteiger charge is 2.42. The summed E-state index contributed by atoms with van der Waals surface area (Å²) in [6, 6.07) is 12.5. The average molecular weight is 387 g/mol. The van der Waals surface area contributed by atoms with Crippen molar-refractivity contribution in [2.45, 2.75) is 19.3 Å². The van der Waals surface area contributed by atoms with E-state index in [9.17, 15) is 9.59 Å². The lowest BCUT2D eigenvalue weighted by atomic mass is 9.74. The Labute approximate surface area is 164 Å². The van der Waals surface area contributed by atoms with Crippen LogP contribution in [0.2, 0.25) is 0 Å². The number of methoxy groups -OCH3 is 1. The number of hydrogen-bond acceptors (Lipinski definition) is 4. The number of rotatable bonds is 6. The maximum absolute atomic E-state index is 12.8. The van der Waals surface area contributed by atoms with Crippen LogP contribution in [-0.2, 0) is 20.7 Å². The summed E-state index contributed by atoms with van der Waals surface area (Å²) in [5.74, 6) is -0.0572. The Morgan fingerprint density at radius 2 is 2.04 bits per heavy atom. The third-order valence-electron chi connectivity index (χ3n) is 5.21. The molecule has 1 aromatic carbocycles. The van der Waals surface area contributed by atoms with Gasteiger partial charge >= 0.3 is 0 Å². The SMILES string of the molecule is CNC(=O)C1(Cc2ccc(-c3cccs3)cc2)CCCN(C(=O)COC)C1. The van der Waals surface area contributed by atoms with Gasteiger partial charge in [-0.05, 0) is 41.8 Å². The lowest BCUT2D eigenvalue weighted by Crippen LogP contribution is -2.54. The third-order valence-corrected chi connectivity index (χ3v) is 6.13. The molecule has 144 valence electrons. The first kappa shape index (κ1) is 19.6. The molecule has 1 N–H and O–H groups in total. The summed E-state index contributed by atoms with van der Waals surface area (Å²) >= 11 is 1.71. The normalized spacial score (nSPS) is 19.7. The molecule has 1 saturated heterocycles. The third kappa shape index (κ3) is 4.39. The van der Waals surface area contributed by atoms with Crippen LogP contribution in [0.4, 0.5) is 0 Å². The predicted octanol–water partition coefficient (Wildman–Crippen LogP) is 2.96. The van der Waals surface area contributed by atoms with Gasteiger partial charge in [-0.2, -0.15) is 0 Å². The van der Waals surface area contributed by atoms with Crippen molar-refractivity contribution in [1.82, 2.24) is 10.2 Å². The molecule has 5 nitrogen and oxygen atoms in total. The monoisotopic (exact) mass is 386 g/mol. The number of nitrogens with zero attached hydrogens (tertiary/aromatic N) is 1. The van der Waals surface area contributed by atoms with E-state index in [0.29, 0.717) is 19.5 Å². The van der Waals surface area contributed by atoms with Crippen molar-refractivity contribution >= 4 is 23.2 Å². The Bertz CT molecular complexity index is 773. The minimum atomic E-state index is -0.596. The highest BCUT2D eigenvalue weighted by molar-refractivity contribution is 7.13. The standard InChI is InChI=1S/C21H26N2O3S/c1-22-20(25)21(10-4-11-23(15-21)19(24)14-26-2)13-16-6-8-17(9-7-16)18-5-3-12-27-18/h3,5-9,12H,4,10-11,13-15H2,1-2H3,(H,22,25). The van der Waals surface area contributed by atoms with Gasteiger partial charge < -0.3 is 15.0 Å². The van der Waals surface area contributed by atoms with Crippen LogP contribution in [0.1, 0.15) is 18.4 Å². The fourth-order valence-corrected chi connectivity index (χ4v) is 4.59. The molecule has 0 radical (unpaired) electrons. The first-order valence-electron chi connectivity index (χ1n) is 9.20. The molecule has 1 aliphatic heterocycles. The van der Waals surface area contributed by atoms with Crippen LogP contribution in [0.5, 0.6) is 0 Å². The van der Waals surface area contributed by atoms with Gasteiger partial charge in [0.2, 0.25) is 11.8 Å². The molecule has 2 aromatic rings. The number of benzene rings is 1. The van der Waals surface area contributed by atoms with Crippen LogP contribution in [0.25, 0.3) is 10.4 Å². The molecule has 6 heteroatoms. The highest BCUT2D eigenvalue weighted by Crippen LogP contribution is 2.35. The van der Waals surface area contributed by atoms with Gasteiger partial charge in [-0.25, -0.2) is 0 Å². The maximum atomic E-state index is 12.8. The summed E-state index contributed by atoms with van der Waals surface area (Å²) in [7, 11) is 3.18. The Balaban J connectivity index is 1.80. The van der Waals surface area contributed by atoms with E-state index in [-0.39, 0.29) is 18.4 Å². The Kier molecular flexibility index (Phi) is 6.29. The van der Waals surface area contributed by atoms with Gasteiger partial charge in [0, 0.05) is 32.1 Å². The topological polar surface area (TPSA) is 58.6 Å². The van der Waals surface area contributed by atoms with E-state index < -0.39 is 5.41 Å². The number of piperidine rings is 1. The van der Waals surface area contributed by atoms with Crippen LogP contribution >= 0.6 is 11.3 Å². The molecule has 27 heavy (non-hydrogen) atoms. The predicted molar refractivity (Wildman–Crippen MR) is 108 cm³/mol. The Morgan fingerprint density at radius 1 is 1.26 bits per heavy atom. The van der Waals surface area contributed by atoms with Crippen molar-refractivity contribution in [2.75, 3.05) is 33.9 Å². The number of carbonyl (C=O) groups is 2. The Hall–Kier alpha value is -2.18. The number of hydrogen-bond donors (Lipinski definition) is 1. The van der Waals surface area contributed by atoms with Crippen molar-refractivity contribution in [3.63, 3.8) is 0 Å². The second-order valence-corrected chi connectivity index (χ2v) is 8.01.